The largest absolute Gasteiger partial charge is 0.387 e. The average Bonchev–Trinajstić information content (AvgIpc) is 2.63. The zero-order valence-corrected chi connectivity index (χ0v) is 15.5. The molecule has 0 aliphatic rings. The lowest BCUT2D eigenvalue weighted by molar-refractivity contribution is 0.971. The van der Waals surface area contributed by atoms with Gasteiger partial charge in [-0.05, 0) is 56.5 Å². The Bertz CT molecular complexity index is 1000. The molecule has 0 amide bonds. The highest BCUT2D eigenvalue weighted by atomic mass is 15.0. The number of rotatable bonds is 5. The van der Waals surface area contributed by atoms with Crippen LogP contribution >= 0.6 is 0 Å². The second-order valence-electron chi connectivity index (χ2n) is 6.40. The number of fused-ring (bicyclic) bond motifs is 1. The van der Waals surface area contributed by atoms with E-state index in [1.54, 1.807) is 12.3 Å². The Morgan fingerprint density at radius 2 is 1.96 bits per heavy atom. The fourth-order valence-electron chi connectivity index (χ4n) is 2.90. The van der Waals surface area contributed by atoms with Crippen LogP contribution in [0, 0.1) is 20.8 Å². The van der Waals surface area contributed by atoms with Gasteiger partial charge in [-0.25, -0.2) is 9.98 Å². The first kappa shape index (κ1) is 17.7. The minimum absolute atomic E-state index is 0.538. The van der Waals surface area contributed by atoms with Gasteiger partial charge in [-0.1, -0.05) is 12.7 Å². The van der Waals surface area contributed by atoms with Crippen molar-refractivity contribution in [1.82, 2.24) is 15.0 Å². The highest BCUT2D eigenvalue weighted by Gasteiger charge is 2.07. The molecule has 0 saturated heterocycles. The number of pyridine rings is 3. The monoisotopic (exact) mass is 345 g/mol. The predicted octanol–water partition coefficient (Wildman–Crippen LogP) is 4.21. The van der Waals surface area contributed by atoms with E-state index in [-0.39, 0.29) is 0 Å². The van der Waals surface area contributed by atoms with Crippen molar-refractivity contribution in [1.29, 1.82) is 0 Å². The van der Waals surface area contributed by atoms with E-state index < -0.39 is 0 Å². The summed E-state index contributed by atoms with van der Waals surface area (Å²) in [6, 6.07) is 6.05. The van der Waals surface area contributed by atoms with Crippen molar-refractivity contribution in [2.75, 3.05) is 0 Å². The number of aliphatic imine (C=N–C) groups is 1. The van der Waals surface area contributed by atoms with Gasteiger partial charge in [0.2, 0.25) is 0 Å². The summed E-state index contributed by atoms with van der Waals surface area (Å²) < 4.78 is 0. The summed E-state index contributed by atoms with van der Waals surface area (Å²) in [7, 11) is 0. The van der Waals surface area contributed by atoms with Crippen molar-refractivity contribution < 1.29 is 0 Å². The molecule has 3 aromatic rings. The van der Waals surface area contributed by atoms with Crippen molar-refractivity contribution in [2.24, 2.45) is 10.7 Å². The standard InChI is InChI=1S/C21H23N5/c1-5-17-13(2)10-11-23-21(17)26-19(22)9-7-16-6-8-18-15(4)24-12-14(3)20(18)25-16/h5-6,8,10-12H,1,7,9H2,2-4H3,(H2,22,23,26). The summed E-state index contributed by atoms with van der Waals surface area (Å²) in [4.78, 5) is 17.9. The first-order valence-corrected chi connectivity index (χ1v) is 8.62. The topological polar surface area (TPSA) is 77.0 Å². The Morgan fingerprint density at radius 1 is 1.15 bits per heavy atom. The van der Waals surface area contributed by atoms with Crippen LogP contribution in [0.4, 0.5) is 5.82 Å². The van der Waals surface area contributed by atoms with Crippen molar-refractivity contribution >= 4 is 28.6 Å². The van der Waals surface area contributed by atoms with Gasteiger partial charge in [0.1, 0.15) is 5.84 Å². The zero-order chi connectivity index (χ0) is 18.7. The van der Waals surface area contributed by atoms with Crippen LogP contribution in [0.2, 0.25) is 0 Å². The Kier molecular flexibility index (Phi) is 5.07. The lowest BCUT2D eigenvalue weighted by Crippen LogP contribution is -2.13. The maximum absolute atomic E-state index is 6.13. The van der Waals surface area contributed by atoms with Crippen LogP contribution in [0.1, 0.15) is 34.5 Å². The zero-order valence-electron chi connectivity index (χ0n) is 15.5. The molecule has 3 aromatic heterocycles. The highest BCUT2D eigenvalue weighted by Crippen LogP contribution is 2.21. The van der Waals surface area contributed by atoms with E-state index in [1.165, 1.54) is 0 Å². The van der Waals surface area contributed by atoms with E-state index in [1.807, 2.05) is 39.1 Å². The minimum atomic E-state index is 0.538. The number of nitrogens with zero attached hydrogens (tertiary/aromatic N) is 4. The van der Waals surface area contributed by atoms with Gasteiger partial charge in [0.05, 0.1) is 5.52 Å². The molecule has 2 N–H and O–H groups in total. The van der Waals surface area contributed by atoms with Gasteiger partial charge >= 0.3 is 0 Å². The summed E-state index contributed by atoms with van der Waals surface area (Å²) in [5.41, 5.74) is 12.2. The summed E-state index contributed by atoms with van der Waals surface area (Å²) >= 11 is 0. The van der Waals surface area contributed by atoms with Gasteiger partial charge in [-0.15, -0.1) is 0 Å². The SMILES string of the molecule is C=Cc1c(C)ccnc1N=C(N)CCc1ccc2c(C)ncc(C)c2n1. The van der Waals surface area contributed by atoms with E-state index in [0.29, 0.717) is 18.1 Å². The molecule has 0 saturated carbocycles. The van der Waals surface area contributed by atoms with Crippen molar-refractivity contribution in [3.05, 3.63) is 65.2 Å². The van der Waals surface area contributed by atoms with Crippen LogP contribution in [0.5, 0.6) is 0 Å². The number of hydrogen-bond donors (Lipinski definition) is 1. The Morgan fingerprint density at radius 3 is 2.73 bits per heavy atom. The van der Waals surface area contributed by atoms with Crippen LogP contribution in [-0.4, -0.2) is 20.8 Å². The third-order valence-corrected chi connectivity index (χ3v) is 4.45. The highest BCUT2D eigenvalue weighted by molar-refractivity contribution is 5.85. The molecule has 0 bridgehead atoms. The van der Waals surface area contributed by atoms with Crippen molar-refractivity contribution in [3.63, 3.8) is 0 Å². The summed E-state index contributed by atoms with van der Waals surface area (Å²) in [5.74, 6) is 1.15. The average molecular weight is 345 g/mol. The maximum Gasteiger partial charge on any atom is 0.161 e. The fraction of sp³-hybridized carbons (Fsp3) is 0.238. The molecule has 0 atom stereocenters. The first-order valence-electron chi connectivity index (χ1n) is 8.62. The molecule has 0 unspecified atom stereocenters. The van der Waals surface area contributed by atoms with E-state index in [4.69, 9.17) is 10.7 Å². The minimum Gasteiger partial charge on any atom is -0.387 e. The Labute approximate surface area is 153 Å². The molecular weight excluding hydrogens is 322 g/mol. The molecule has 0 fully saturated rings. The van der Waals surface area contributed by atoms with Gasteiger partial charge in [-0.2, -0.15) is 0 Å². The molecule has 3 heterocycles. The second-order valence-corrected chi connectivity index (χ2v) is 6.40. The maximum atomic E-state index is 6.13. The fourth-order valence-corrected chi connectivity index (χ4v) is 2.90. The number of nitrogens with two attached hydrogens (primary N) is 1. The third-order valence-electron chi connectivity index (χ3n) is 4.45. The summed E-state index contributed by atoms with van der Waals surface area (Å²) in [5, 5.41) is 1.09. The lowest BCUT2D eigenvalue weighted by Gasteiger charge is -2.08. The molecule has 0 spiro atoms. The van der Waals surface area contributed by atoms with Gasteiger partial charge in [-0.3, -0.25) is 9.97 Å². The molecule has 132 valence electrons. The molecule has 0 aliphatic carbocycles. The van der Waals surface area contributed by atoms with E-state index >= 15 is 0 Å². The number of aromatic nitrogens is 3. The molecule has 26 heavy (non-hydrogen) atoms. The second kappa shape index (κ2) is 7.44. The molecule has 5 nitrogen and oxygen atoms in total. The van der Waals surface area contributed by atoms with E-state index in [2.05, 4.69) is 27.6 Å². The van der Waals surface area contributed by atoms with E-state index in [0.717, 1.165) is 45.4 Å². The molecular formula is C21H23N5. The van der Waals surface area contributed by atoms with Gasteiger partial charge < -0.3 is 5.73 Å². The first-order chi connectivity index (χ1) is 12.5. The van der Waals surface area contributed by atoms with Gasteiger partial charge in [0, 0.05) is 41.2 Å². The molecule has 5 heteroatoms. The molecule has 0 aliphatic heterocycles. The van der Waals surface area contributed by atoms with Crippen LogP contribution in [0.25, 0.3) is 17.0 Å². The summed E-state index contributed by atoms with van der Waals surface area (Å²) in [6.45, 7) is 9.87. The smallest absolute Gasteiger partial charge is 0.161 e. The van der Waals surface area contributed by atoms with Crippen molar-refractivity contribution in [3.8, 4) is 0 Å². The molecule has 3 rings (SSSR count). The third kappa shape index (κ3) is 3.61. The molecule has 0 aromatic carbocycles. The quantitative estimate of drug-likeness (QED) is 0.555. The van der Waals surface area contributed by atoms with Crippen molar-refractivity contribution in [2.45, 2.75) is 33.6 Å². The van der Waals surface area contributed by atoms with Crippen LogP contribution < -0.4 is 5.73 Å². The number of amidine groups is 1. The Hall–Kier alpha value is -3.08. The van der Waals surface area contributed by atoms with Crippen LogP contribution in [0.3, 0.4) is 0 Å². The Balaban J connectivity index is 1.81. The molecule has 0 radical (unpaired) electrons. The van der Waals surface area contributed by atoms with Crippen LogP contribution in [-0.2, 0) is 6.42 Å². The van der Waals surface area contributed by atoms with Gasteiger partial charge in [0.25, 0.3) is 0 Å². The van der Waals surface area contributed by atoms with E-state index in [9.17, 15) is 0 Å². The van der Waals surface area contributed by atoms with Crippen LogP contribution in [0.15, 0.2) is 42.2 Å². The number of aryl methyl sites for hydroxylation is 4. The number of hydrogen-bond acceptors (Lipinski definition) is 4. The lowest BCUT2D eigenvalue weighted by atomic mass is 10.1. The normalized spacial score (nSPS) is 11.7. The predicted molar refractivity (Wildman–Crippen MR) is 108 cm³/mol. The summed E-state index contributed by atoms with van der Waals surface area (Å²) in [6.07, 6.45) is 6.70. The van der Waals surface area contributed by atoms with Gasteiger partial charge in [0.15, 0.2) is 5.82 Å².